The molecule has 0 aromatic heterocycles. The van der Waals surface area contributed by atoms with Crippen LogP contribution in [-0.4, -0.2) is 69.8 Å². The molecule has 1 aliphatic carbocycles. The molecule has 0 spiro atoms. The number of amides is 3. The van der Waals surface area contributed by atoms with Gasteiger partial charge in [-0.2, -0.15) is 0 Å². The van der Waals surface area contributed by atoms with Crippen LogP contribution < -0.4 is 10.6 Å². The van der Waals surface area contributed by atoms with E-state index in [-0.39, 0.29) is 12.5 Å². The summed E-state index contributed by atoms with van der Waals surface area (Å²) in [6.07, 6.45) is 0.605. The van der Waals surface area contributed by atoms with E-state index in [4.69, 9.17) is 9.47 Å². The first-order valence-corrected chi connectivity index (χ1v) is 15.1. The van der Waals surface area contributed by atoms with Gasteiger partial charge in [0.2, 0.25) is 11.8 Å². The van der Waals surface area contributed by atoms with Gasteiger partial charge >= 0.3 is 12.1 Å². The van der Waals surface area contributed by atoms with Crippen LogP contribution in [0.1, 0.15) is 82.7 Å². The monoisotopic (exact) mass is 609 g/mol. The first-order chi connectivity index (χ1) is 20.5. The Labute approximate surface area is 260 Å². The first kappa shape index (κ1) is 34.6. The van der Waals surface area contributed by atoms with Crippen molar-refractivity contribution < 1.29 is 33.8 Å². The Bertz CT molecular complexity index is 1330. The molecular formula is C34H47N3O7. The fourth-order valence-electron chi connectivity index (χ4n) is 4.90. The highest BCUT2D eigenvalue weighted by Gasteiger charge is 2.45. The minimum absolute atomic E-state index is 0.179. The summed E-state index contributed by atoms with van der Waals surface area (Å²) in [6.45, 7) is 13.4. The van der Waals surface area contributed by atoms with Gasteiger partial charge in [-0.25, -0.2) is 9.59 Å². The predicted octanol–water partition coefficient (Wildman–Crippen LogP) is 4.29. The highest BCUT2D eigenvalue weighted by molar-refractivity contribution is 5.94. The average Bonchev–Trinajstić information content (AvgIpc) is 3.74. The van der Waals surface area contributed by atoms with Crippen molar-refractivity contribution in [3.05, 3.63) is 70.8 Å². The fraction of sp³-hybridized carbons (Fsp3) is 0.529. The number of hydrogen-bond acceptors (Lipinski definition) is 7. The highest BCUT2D eigenvalue weighted by Crippen LogP contribution is 2.37. The molecule has 1 fully saturated rings. The minimum atomic E-state index is -1.35. The van der Waals surface area contributed by atoms with Crippen molar-refractivity contribution in [3.8, 4) is 0 Å². The molecule has 3 unspecified atom stereocenters. The Kier molecular flexibility index (Phi) is 11.2. The lowest BCUT2D eigenvalue weighted by molar-refractivity contribution is -0.159. The van der Waals surface area contributed by atoms with Crippen molar-refractivity contribution in [2.45, 2.75) is 110 Å². The number of aliphatic hydroxyl groups excluding tert-OH is 1. The average molecular weight is 610 g/mol. The molecule has 44 heavy (non-hydrogen) atoms. The molecule has 3 amide bonds. The second-order valence-corrected chi connectivity index (χ2v) is 13.4. The van der Waals surface area contributed by atoms with E-state index in [2.05, 4.69) is 10.6 Å². The lowest BCUT2D eigenvalue weighted by Crippen LogP contribution is -2.56. The molecule has 0 saturated heterocycles. The van der Waals surface area contributed by atoms with Gasteiger partial charge in [0.25, 0.3) is 0 Å². The molecule has 2 aromatic carbocycles. The van der Waals surface area contributed by atoms with Crippen LogP contribution in [0.25, 0.3) is 0 Å². The highest BCUT2D eigenvalue weighted by atomic mass is 16.6. The summed E-state index contributed by atoms with van der Waals surface area (Å²) >= 11 is 0. The van der Waals surface area contributed by atoms with E-state index in [9.17, 15) is 24.3 Å². The molecule has 3 N–H and O–H groups in total. The van der Waals surface area contributed by atoms with Crippen molar-refractivity contribution in [1.82, 2.24) is 15.5 Å². The zero-order valence-electron chi connectivity index (χ0n) is 27.1. The molecule has 1 aliphatic rings. The third kappa shape index (κ3) is 10.1. The molecule has 1 saturated carbocycles. The summed E-state index contributed by atoms with van der Waals surface area (Å²) in [4.78, 5) is 55.8. The Hall–Kier alpha value is -3.92. The smallest absolute Gasteiger partial charge is 0.408 e. The number of hydrogen-bond donors (Lipinski definition) is 3. The number of aliphatic hydroxyl groups is 1. The van der Waals surface area contributed by atoms with Crippen LogP contribution in [0.5, 0.6) is 0 Å². The van der Waals surface area contributed by atoms with Crippen molar-refractivity contribution in [3.63, 3.8) is 0 Å². The topological polar surface area (TPSA) is 134 Å². The molecule has 0 radical (unpaired) electrons. The zero-order valence-corrected chi connectivity index (χ0v) is 27.1. The van der Waals surface area contributed by atoms with E-state index in [1.165, 1.54) is 4.90 Å². The van der Waals surface area contributed by atoms with E-state index in [0.717, 1.165) is 16.7 Å². The molecule has 0 heterocycles. The van der Waals surface area contributed by atoms with Crippen LogP contribution in [0, 0.1) is 13.8 Å². The molecule has 10 nitrogen and oxygen atoms in total. The van der Waals surface area contributed by atoms with Gasteiger partial charge in [-0.05, 0) is 84.9 Å². The van der Waals surface area contributed by atoms with Crippen LogP contribution in [0.4, 0.5) is 4.79 Å². The molecule has 2 aromatic rings. The number of rotatable bonds is 11. The maximum Gasteiger partial charge on any atom is 0.408 e. The normalized spacial score (nSPS) is 15.4. The number of carbonyl (C=O) groups excluding carboxylic acids is 4. The second kappa shape index (κ2) is 14.2. The second-order valence-electron chi connectivity index (χ2n) is 13.4. The van der Waals surface area contributed by atoms with Crippen LogP contribution in [0.2, 0.25) is 0 Å². The lowest BCUT2D eigenvalue weighted by atomic mass is 9.95. The molecule has 240 valence electrons. The van der Waals surface area contributed by atoms with Crippen LogP contribution >= 0.6 is 0 Å². The van der Waals surface area contributed by atoms with Crippen LogP contribution in [-0.2, 0) is 30.3 Å². The van der Waals surface area contributed by atoms with E-state index in [0.29, 0.717) is 18.4 Å². The van der Waals surface area contributed by atoms with Gasteiger partial charge in [0, 0.05) is 12.5 Å². The number of nitrogens with one attached hydrogen (secondary N) is 2. The van der Waals surface area contributed by atoms with Gasteiger partial charge in [0.05, 0.1) is 6.61 Å². The molecule has 3 rings (SSSR count). The largest absolute Gasteiger partial charge is 0.458 e. The van der Waals surface area contributed by atoms with E-state index < -0.39 is 59.8 Å². The van der Waals surface area contributed by atoms with E-state index >= 15 is 0 Å². The summed E-state index contributed by atoms with van der Waals surface area (Å²) in [5.74, 6) is -1.80. The maximum absolute atomic E-state index is 14.4. The van der Waals surface area contributed by atoms with E-state index in [1.54, 1.807) is 47.6 Å². The summed E-state index contributed by atoms with van der Waals surface area (Å²) in [5, 5.41) is 15.5. The van der Waals surface area contributed by atoms with Crippen molar-refractivity contribution >= 4 is 23.9 Å². The van der Waals surface area contributed by atoms with E-state index in [1.807, 2.05) is 56.3 Å². The quantitative estimate of drug-likeness (QED) is 0.324. The summed E-state index contributed by atoms with van der Waals surface area (Å²) < 4.78 is 11.0. The van der Waals surface area contributed by atoms with Gasteiger partial charge in [-0.3, -0.25) is 9.59 Å². The first-order valence-electron chi connectivity index (χ1n) is 15.1. The van der Waals surface area contributed by atoms with Crippen LogP contribution in [0.3, 0.4) is 0 Å². The Morgan fingerprint density at radius 2 is 1.50 bits per heavy atom. The number of esters is 1. The summed E-state index contributed by atoms with van der Waals surface area (Å²) in [5.41, 5.74) is 1.54. The van der Waals surface area contributed by atoms with Crippen molar-refractivity contribution in [2.75, 3.05) is 6.61 Å². The van der Waals surface area contributed by atoms with Gasteiger partial charge in [0.1, 0.15) is 29.3 Å². The Balaban J connectivity index is 2.02. The standard InChI is InChI=1S/C34H47N3O7/c1-21-14-17-25(22(2)18-21)28(37(24-15-16-24)30(40)27(20-38)36-32(42)44-34(6,7)8)29(39)35-26(31(41)43-33(3,4)5)19-23-12-10-9-11-13-23/h9-14,17-18,24,26-28,38H,15-16,19-20H2,1-8H3,(H,35,39)(H,36,42). The number of alkyl carbamates (subject to hydrolysis) is 1. The minimum Gasteiger partial charge on any atom is -0.458 e. The van der Waals surface area contributed by atoms with Crippen molar-refractivity contribution in [1.29, 1.82) is 0 Å². The molecule has 0 aliphatic heterocycles. The van der Waals surface area contributed by atoms with Gasteiger partial charge in [-0.15, -0.1) is 0 Å². The van der Waals surface area contributed by atoms with Gasteiger partial charge in [0.15, 0.2) is 0 Å². The van der Waals surface area contributed by atoms with Gasteiger partial charge < -0.3 is 30.1 Å². The number of benzene rings is 2. The zero-order chi connectivity index (χ0) is 32.8. The number of ether oxygens (including phenoxy) is 2. The Morgan fingerprint density at radius 3 is 2.02 bits per heavy atom. The summed E-state index contributed by atoms with van der Waals surface area (Å²) in [7, 11) is 0. The Morgan fingerprint density at radius 1 is 0.886 bits per heavy atom. The third-order valence-electron chi connectivity index (χ3n) is 6.90. The SMILES string of the molecule is Cc1ccc(C(C(=O)NC(Cc2ccccc2)C(=O)OC(C)(C)C)N(C(=O)C(CO)NC(=O)OC(C)(C)C)C2CC2)c(C)c1. The molecule has 0 bridgehead atoms. The maximum atomic E-state index is 14.4. The number of aryl methyl sites for hydroxylation is 2. The fourth-order valence-corrected chi connectivity index (χ4v) is 4.90. The lowest BCUT2D eigenvalue weighted by Gasteiger charge is -2.35. The van der Waals surface area contributed by atoms with Crippen molar-refractivity contribution in [2.24, 2.45) is 0 Å². The van der Waals surface area contributed by atoms with Gasteiger partial charge in [-0.1, -0.05) is 54.1 Å². The molecule has 3 atom stereocenters. The van der Waals surface area contributed by atoms with Crippen LogP contribution in [0.15, 0.2) is 48.5 Å². The molecule has 10 heteroatoms. The third-order valence-corrected chi connectivity index (χ3v) is 6.90. The number of carbonyl (C=O) groups is 4. The predicted molar refractivity (Wildman–Crippen MR) is 167 cm³/mol. The molecular weight excluding hydrogens is 562 g/mol. The summed E-state index contributed by atoms with van der Waals surface area (Å²) in [6, 6.07) is 11.0. The number of nitrogens with zero attached hydrogens (tertiary/aromatic N) is 1.